The highest BCUT2D eigenvalue weighted by Crippen LogP contribution is 2.13. The lowest BCUT2D eigenvalue weighted by molar-refractivity contribution is -0.116. The Morgan fingerprint density at radius 3 is 2.50 bits per heavy atom. The highest BCUT2D eigenvalue weighted by molar-refractivity contribution is 5.90. The van der Waals surface area contributed by atoms with Gasteiger partial charge in [-0.05, 0) is 36.8 Å². The van der Waals surface area contributed by atoms with Crippen molar-refractivity contribution in [2.24, 2.45) is 0 Å². The first-order valence-corrected chi connectivity index (χ1v) is 8.81. The Morgan fingerprint density at radius 2 is 1.82 bits per heavy atom. The van der Waals surface area contributed by atoms with E-state index >= 15 is 0 Å². The maximum absolute atomic E-state index is 13.0. The molecule has 6 nitrogen and oxygen atoms in total. The Kier molecular flexibility index (Phi) is 5.84. The molecule has 0 saturated heterocycles. The van der Waals surface area contributed by atoms with Gasteiger partial charge in [0.1, 0.15) is 12.4 Å². The third-order valence-electron chi connectivity index (χ3n) is 4.15. The Balaban J connectivity index is 1.82. The fourth-order valence-corrected chi connectivity index (χ4v) is 2.85. The van der Waals surface area contributed by atoms with E-state index in [1.54, 1.807) is 6.92 Å². The molecular formula is C21H21FN4O2. The van der Waals surface area contributed by atoms with Gasteiger partial charge in [0.15, 0.2) is 0 Å². The molecule has 0 bridgehead atoms. The van der Waals surface area contributed by atoms with Gasteiger partial charge in [0, 0.05) is 31.0 Å². The quantitative estimate of drug-likeness (QED) is 0.714. The predicted molar refractivity (Wildman–Crippen MR) is 107 cm³/mol. The van der Waals surface area contributed by atoms with Gasteiger partial charge in [0.2, 0.25) is 11.9 Å². The van der Waals surface area contributed by atoms with Crippen molar-refractivity contribution >= 4 is 17.5 Å². The van der Waals surface area contributed by atoms with Gasteiger partial charge in [-0.1, -0.05) is 30.3 Å². The number of nitrogens with zero attached hydrogens (tertiary/aromatic N) is 3. The molecule has 7 heteroatoms. The summed E-state index contributed by atoms with van der Waals surface area (Å²) >= 11 is 0. The van der Waals surface area contributed by atoms with Crippen LogP contribution in [0.4, 0.5) is 16.0 Å². The number of rotatable bonds is 6. The molecular weight excluding hydrogens is 359 g/mol. The van der Waals surface area contributed by atoms with Gasteiger partial charge in [-0.25, -0.2) is 9.37 Å². The number of hydrogen-bond donors (Lipinski definition) is 1. The molecule has 3 aromatic rings. The van der Waals surface area contributed by atoms with Gasteiger partial charge < -0.3 is 10.2 Å². The average Bonchev–Trinajstić information content (AvgIpc) is 2.66. The first kappa shape index (κ1) is 19.3. The maximum atomic E-state index is 13.0. The fraction of sp³-hybridized carbons (Fsp3) is 0.190. The zero-order chi connectivity index (χ0) is 20.1. The lowest BCUT2D eigenvalue weighted by Crippen LogP contribution is -2.34. The van der Waals surface area contributed by atoms with Gasteiger partial charge in [-0.15, -0.1) is 0 Å². The molecule has 0 saturated carbocycles. The summed E-state index contributed by atoms with van der Waals surface area (Å²) in [6.07, 6.45) is 0. The lowest BCUT2D eigenvalue weighted by atomic mass is 10.2. The minimum Gasteiger partial charge on any atom is -0.341 e. The molecule has 3 rings (SSSR count). The normalized spacial score (nSPS) is 10.5. The molecule has 1 amide bonds. The largest absolute Gasteiger partial charge is 0.341 e. The Hall–Kier alpha value is -3.48. The van der Waals surface area contributed by atoms with Crippen LogP contribution in [0, 0.1) is 12.7 Å². The van der Waals surface area contributed by atoms with Crippen LogP contribution in [-0.2, 0) is 17.9 Å². The van der Waals surface area contributed by atoms with E-state index in [0.717, 1.165) is 5.56 Å². The molecule has 0 spiro atoms. The van der Waals surface area contributed by atoms with Crippen molar-refractivity contribution in [2.45, 2.75) is 20.0 Å². The van der Waals surface area contributed by atoms with Crippen LogP contribution in [-0.4, -0.2) is 22.5 Å². The second kappa shape index (κ2) is 8.47. The summed E-state index contributed by atoms with van der Waals surface area (Å²) in [5.74, 6) is -0.376. The van der Waals surface area contributed by atoms with Crippen LogP contribution in [0.3, 0.4) is 0 Å². The van der Waals surface area contributed by atoms with Crippen molar-refractivity contribution < 1.29 is 9.18 Å². The molecule has 0 unspecified atom stereocenters. The van der Waals surface area contributed by atoms with Crippen molar-refractivity contribution in [3.63, 3.8) is 0 Å². The number of anilines is 2. The first-order valence-electron chi connectivity index (χ1n) is 8.81. The summed E-state index contributed by atoms with van der Waals surface area (Å²) < 4.78 is 14.3. The molecule has 1 aromatic heterocycles. The zero-order valence-corrected chi connectivity index (χ0v) is 15.7. The highest BCUT2D eigenvalue weighted by atomic mass is 19.1. The second-order valence-corrected chi connectivity index (χ2v) is 6.52. The molecule has 2 aromatic carbocycles. The van der Waals surface area contributed by atoms with Crippen molar-refractivity contribution in [1.82, 2.24) is 9.55 Å². The Morgan fingerprint density at radius 1 is 1.14 bits per heavy atom. The third-order valence-corrected chi connectivity index (χ3v) is 4.15. The number of halogens is 1. The topological polar surface area (TPSA) is 67.2 Å². The van der Waals surface area contributed by atoms with E-state index in [-0.39, 0.29) is 17.9 Å². The van der Waals surface area contributed by atoms with E-state index in [2.05, 4.69) is 10.3 Å². The van der Waals surface area contributed by atoms with Crippen LogP contribution in [0.25, 0.3) is 0 Å². The van der Waals surface area contributed by atoms with E-state index in [1.807, 2.05) is 42.3 Å². The average molecular weight is 380 g/mol. The summed E-state index contributed by atoms with van der Waals surface area (Å²) in [4.78, 5) is 31.2. The van der Waals surface area contributed by atoms with Gasteiger partial charge in [0.05, 0.1) is 0 Å². The van der Waals surface area contributed by atoms with Crippen LogP contribution < -0.4 is 15.8 Å². The minimum atomic E-state index is -0.395. The lowest BCUT2D eigenvalue weighted by Gasteiger charge is -2.22. The number of carbonyl (C=O) groups is 1. The second-order valence-electron chi connectivity index (χ2n) is 6.52. The van der Waals surface area contributed by atoms with E-state index < -0.39 is 5.91 Å². The van der Waals surface area contributed by atoms with Crippen LogP contribution in [0.15, 0.2) is 65.5 Å². The van der Waals surface area contributed by atoms with Crippen LogP contribution in [0.5, 0.6) is 0 Å². The molecule has 0 atom stereocenters. The predicted octanol–water partition coefficient (Wildman–Crippen LogP) is 2.97. The number of amides is 1. The van der Waals surface area contributed by atoms with E-state index in [9.17, 15) is 14.0 Å². The molecule has 144 valence electrons. The third kappa shape index (κ3) is 4.82. The molecule has 0 aliphatic rings. The van der Waals surface area contributed by atoms with Crippen molar-refractivity contribution in [3.05, 3.63) is 88.1 Å². The number of aromatic nitrogens is 2. The summed E-state index contributed by atoms with van der Waals surface area (Å²) in [5.41, 5.74) is 1.79. The van der Waals surface area contributed by atoms with Crippen molar-refractivity contribution in [1.29, 1.82) is 0 Å². The summed E-state index contributed by atoms with van der Waals surface area (Å²) in [6.45, 7) is 2.08. The van der Waals surface area contributed by atoms with Crippen LogP contribution >= 0.6 is 0 Å². The number of aryl methyl sites for hydroxylation is 1. The maximum Gasteiger partial charge on any atom is 0.255 e. The molecule has 0 aliphatic carbocycles. The zero-order valence-electron chi connectivity index (χ0n) is 15.7. The van der Waals surface area contributed by atoms with Gasteiger partial charge in [0.25, 0.3) is 5.56 Å². The molecule has 0 aliphatic heterocycles. The smallest absolute Gasteiger partial charge is 0.255 e. The summed E-state index contributed by atoms with van der Waals surface area (Å²) in [7, 11) is 1.82. The van der Waals surface area contributed by atoms with E-state index in [4.69, 9.17) is 0 Å². The van der Waals surface area contributed by atoms with Gasteiger partial charge >= 0.3 is 0 Å². The van der Waals surface area contributed by atoms with Crippen molar-refractivity contribution in [3.8, 4) is 0 Å². The van der Waals surface area contributed by atoms with Crippen molar-refractivity contribution in [2.75, 3.05) is 17.3 Å². The van der Waals surface area contributed by atoms with E-state index in [1.165, 1.54) is 34.9 Å². The summed E-state index contributed by atoms with van der Waals surface area (Å²) in [5, 5.41) is 2.66. The molecule has 1 N–H and O–H groups in total. The molecule has 1 heterocycles. The monoisotopic (exact) mass is 380 g/mol. The number of nitrogens with one attached hydrogen (secondary N) is 1. The SMILES string of the molecule is Cc1cc(=O)n(CC(=O)Nc2ccc(F)cc2)c(N(C)Cc2ccccc2)n1. The number of hydrogen-bond acceptors (Lipinski definition) is 4. The molecule has 0 fully saturated rings. The Bertz CT molecular complexity index is 1020. The van der Waals surface area contributed by atoms with Crippen LogP contribution in [0.1, 0.15) is 11.3 Å². The molecule has 28 heavy (non-hydrogen) atoms. The minimum absolute atomic E-state index is 0.196. The summed E-state index contributed by atoms with van der Waals surface area (Å²) in [6, 6.07) is 16.6. The fourth-order valence-electron chi connectivity index (χ4n) is 2.85. The number of benzene rings is 2. The number of carbonyl (C=O) groups excluding carboxylic acids is 1. The Labute approximate surface area is 162 Å². The van der Waals surface area contributed by atoms with Crippen LogP contribution in [0.2, 0.25) is 0 Å². The standard InChI is InChI=1S/C21H21FN4O2/c1-15-12-20(28)26(14-19(27)24-18-10-8-17(22)9-11-18)21(23-15)25(2)13-16-6-4-3-5-7-16/h3-12H,13-14H2,1-2H3,(H,24,27). The first-order chi connectivity index (χ1) is 13.4. The molecule has 0 radical (unpaired) electrons. The van der Waals surface area contributed by atoms with Gasteiger partial charge in [-0.2, -0.15) is 0 Å². The highest BCUT2D eigenvalue weighted by Gasteiger charge is 2.15. The van der Waals surface area contributed by atoms with E-state index in [0.29, 0.717) is 23.9 Å². The van der Waals surface area contributed by atoms with Gasteiger partial charge in [-0.3, -0.25) is 14.2 Å².